The van der Waals surface area contributed by atoms with Gasteiger partial charge >= 0.3 is 0 Å². The number of aryl methyl sites for hydroxylation is 1. The molecule has 86 valence electrons. The van der Waals surface area contributed by atoms with Gasteiger partial charge in [0.25, 0.3) is 0 Å². The molecule has 0 amide bonds. The third kappa shape index (κ3) is 3.44. The zero-order valence-electron chi connectivity index (χ0n) is 10.3. The second kappa shape index (κ2) is 7.12. The number of methoxy groups -OCH3 is 2. The summed E-state index contributed by atoms with van der Waals surface area (Å²) in [7, 11) is 3.26. The van der Waals surface area contributed by atoms with Gasteiger partial charge < -0.3 is 15.2 Å². The van der Waals surface area contributed by atoms with Crippen LogP contribution in [0.25, 0.3) is 0 Å². The van der Waals surface area contributed by atoms with Crippen LogP contribution < -0.4 is 15.2 Å². The van der Waals surface area contributed by atoms with E-state index in [9.17, 15) is 0 Å². The Kier molecular flexibility index (Phi) is 6.54. The zero-order valence-corrected chi connectivity index (χ0v) is 10.3. The minimum absolute atomic E-state index is 0.423. The zero-order chi connectivity index (χ0) is 11.8. The van der Waals surface area contributed by atoms with Gasteiger partial charge in [-0.25, -0.2) is 0 Å². The SMILES string of the molecule is CC.COc1cc(C)cc(OC)c1CN. The van der Waals surface area contributed by atoms with Crippen molar-refractivity contribution in [1.82, 2.24) is 0 Å². The highest BCUT2D eigenvalue weighted by molar-refractivity contribution is 5.47. The Morgan fingerprint density at radius 3 is 1.73 bits per heavy atom. The number of benzene rings is 1. The van der Waals surface area contributed by atoms with Crippen LogP contribution in [0.15, 0.2) is 12.1 Å². The topological polar surface area (TPSA) is 44.5 Å². The molecule has 0 spiro atoms. The van der Waals surface area contributed by atoms with Gasteiger partial charge in [-0.15, -0.1) is 0 Å². The summed E-state index contributed by atoms with van der Waals surface area (Å²) < 4.78 is 10.4. The van der Waals surface area contributed by atoms with E-state index in [1.54, 1.807) is 14.2 Å². The second-order valence-electron chi connectivity index (χ2n) is 2.85. The van der Waals surface area contributed by atoms with Crippen molar-refractivity contribution in [3.63, 3.8) is 0 Å². The van der Waals surface area contributed by atoms with Gasteiger partial charge in [0.1, 0.15) is 11.5 Å². The van der Waals surface area contributed by atoms with E-state index in [1.807, 2.05) is 32.9 Å². The highest BCUT2D eigenvalue weighted by Crippen LogP contribution is 2.29. The maximum Gasteiger partial charge on any atom is 0.127 e. The van der Waals surface area contributed by atoms with Crippen molar-refractivity contribution in [2.24, 2.45) is 5.73 Å². The summed E-state index contributed by atoms with van der Waals surface area (Å²) in [6, 6.07) is 3.90. The molecule has 1 rings (SSSR count). The lowest BCUT2D eigenvalue weighted by atomic mass is 10.1. The molecule has 1 aromatic carbocycles. The van der Waals surface area contributed by atoms with E-state index in [2.05, 4.69) is 0 Å². The Morgan fingerprint density at radius 2 is 1.47 bits per heavy atom. The summed E-state index contributed by atoms with van der Waals surface area (Å²) in [6.45, 7) is 6.41. The average Bonchev–Trinajstić information content (AvgIpc) is 2.30. The second-order valence-corrected chi connectivity index (χ2v) is 2.85. The number of rotatable bonds is 3. The van der Waals surface area contributed by atoms with E-state index < -0.39 is 0 Å². The van der Waals surface area contributed by atoms with E-state index in [0.29, 0.717) is 6.54 Å². The van der Waals surface area contributed by atoms with Crippen LogP contribution >= 0.6 is 0 Å². The van der Waals surface area contributed by atoms with Crippen molar-refractivity contribution in [2.45, 2.75) is 27.3 Å². The fourth-order valence-electron chi connectivity index (χ4n) is 1.32. The molecule has 0 aliphatic rings. The fourth-order valence-corrected chi connectivity index (χ4v) is 1.32. The van der Waals surface area contributed by atoms with Gasteiger partial charge in [-0.2, -0.15) is 0 Å². The minimum Gasteiger partial charge on any atom is -0.496 e. The standard InChI is InChI=1S/C10H15NO2.C2H6/c1-7-4-9(12-2)8(6-11)10(5-7)13-3;1-2/h4-5H,6,11H2,1-3H3;1-2H3. The first kappa shape index (κ1) is 13.8. The molecule has 0 saturated carbocycles. The lowest BCUT2D eigenvalue weighted by Crippen LogP contribution is -2.03. The van der Waals surface area contributed by atoms with Crippen LogP contribution in [0.1, 0.15) is 25.0 Å². The Morgan fingerprint density at radius 1 is 1.07 bits per heavy atom. The molecule has 0 saturated heterocycles. The smallest absolute Gasteiger partial charge is 0.127 e. The number of hydrogen-bond acceptors (Lipinski definition) is 3. The Labute approximate surface area is 92.2 Å². The first-order chi connectivity index (χ1) is 7.22. The first-order valence-corrected chi connectivity index (χ1v) is 5.14. The maximum atomic E-state index is 5.59. The molecule has 3 nitrogen and oxygen atoms in total. The number of hydrogen-bond donors (Lipinski definition) is 1. The van der Waals surface area contributed by atoms with E-state index >= 15 is 0 Å². The molecule has 1 aromatic rings. The monoisotopic (exact) mass is 211 g/mol. The summed E-state index contributed by atoms with van der Waals surface area (Å²) in [5.74, 6) is 1.58. The van der Waals surface area contributed by atoms with Crippen LogP contribution in [0.4, 0.5) is 0 Å². The normalized spacial score (nSPS) is 8.93. The summed E-state index contributed by atoms with van der Waals surface area (Å²) in [6.07, 6.45) is 0. The predicted molar refractivity (Wildman–Crippen MR) is 63.5 cm³/mol. The van der Waals surface area contributed by atoms with Crippen molar-refractivity contribution in [3.05, 3.63) is 23.3 Å². The van der Waals surface area contributed by atoms with Crippen molar-refractivity contribution < 1.29 is 9.47 Å². The minimum atomic E-state index is 0.423. The molecule has 15 heavy (non-hydrogen) atoms. The molecule has 0 radical (unpaired) electrons. The van der Waals surface area contributed by atoms with Gasteiger partial charge in [-0.05, 0) is 24.6 Å². The predicted octanol–water partition coefficient (Wildman–Crippen LogP) is 2.50. The number of nitrogens with two attached hydrogens (primary N) is 1. The summed E-state index contributed by atoms with van der Waals surface area (Å²) in [4.78, 5) is 0. The molecule has 0 fully saturated rings. The van der Waals surface area contributed by atoms with Gasteiger partial charge in [-0.3, -0.25) is 0 Å². The quantitative estimate of drug-likeness (QED) is 0.835. The fraction of sp³-hybridized carbons (Fsp3) is 0.500. The molecule has 3 heteroatoms. The molecule has 0 aliphatic heterocycles. The van der Waals surface area contributed by atoms with Crippen LogP contribution in [0.3, 0.4) is 0 Å². The molecule has 0 bridgehead atoms. The molecular formula is C12H21NO2. The largest absolute Gasteiger partial charge is 0.496 e. The molecule has 0 heterocycles. The van der Waals surface area contributed by atoms with Crippen molar-refractivity contribution in [3.8, 4) is 11.5 Å². The average molecular weight is 211 g/mol. The Bertz CT molecular complexity index is 273. The van der Waals surface area contributed by atoms with E-state index in [0.717, 1.165) is 22.6 Å². The van der Waals surface area contributed by atoms with Gasteiger partial charge in [0.05, 0.1) is 14.2 Å². The van der Waals surface area contributed by atoms with Crippen molar-refractivity contribution in [2.75, 3.05) is 14.2 Å². The molecule has 2 N–H and O–H groups in total. The summed E-state index contributed by atoms with van der Waals surface area (Å²) >= 11 is 0. The van der Waals surface area contributed by atoms with E-state index in [1.165, 1.54) is 0 Å². The molecule has 0 atom stereocenters. The Balaban J connectivity index is 0.000000921. The molecule has 0 aliphatic carbocycles. The first-order valence-electron chi connectivity index (χ1n) is 5.14. The highest BCUT2D eigenvalue weighted by atomic mass is 16.5. The summed E-state index contributed by atoms with van der Waals surface area (Å²) in [5, 5.41) is 0. The van der Waals surface area contributed by atoms with Gasteiger partial charge in [0.2, 0.25) is 0 Å². The molecule has 0 unspecified atom stereocenters. The highest BCUT2D eigenvalue weighted by Gasteiger charge is 2.08. The van der Waals surface area contributed by atoms with Crippen LogP contribution in [0.5, 0.6) is 11.5 Å². The van der Waals surface area contributed by atoms with Gasteiger partial charge in [0.15, 0.2) is 0 Å². The molecular weight excluding hydrogens is 190 g/mol. The van der Waals surface area contributed by atoms with Crippen LogP contribution in [-0.4, -0.2) is 14.2 Å². The van der Waals surface area contributed by atoms with E-state index in [4.69, 9.17) is 15.2 Å². The third-order valence-corrected chi connectivity index (χ3v) is 1.96. The Hall–Kier alpha value is -1.22. The number of ether oxygens (including phenoxy) is 2. The third-order valence-electron chi connectivity index (χ3n) is 1.96. The van der Waals surface area contributed by atoms with Gasteiger partial charge in [0, 0.05) is 12.1 Å². The van der Waals surface area contributed by atoms with Crippen LogP contribution in [0.2, 0.25) is 0 Å². The van der Waals surface area contributed by atoms with Crippen LogP contribution in [0, 0.1) is 6.92 Å². The van der Waals surface area contributed by atoms with Gasteiger partial charge in [-0.1, -0.05) is 13.8 Å². The molecule has 0 aromatic heterocycles. The van der Waals surface area contributed by atoms with Crippen molar-refractivity contribution >= 4 is 0 Å². The van der Waals surface area contributed by atoms with E-state index in [-0.39, 0.29) is 0 Å². The van der Waals surface area contributed by atoms with Crippen molar-refractivity contribution in [1.29, 1.82) is 0 Å². The lowest BCUT2D eigenvalue weighted by Gasteiger charge is -2.12. The lowest BCUT2D eigenvalue weighted by molar-refractivity contribution is 0.385. The van der Waals surface area contributed by atoms with Crippen LogP contribution in [-0.2, 0) is 6.54 Å². The maximum absolute atomic E-state index is 5.59. The summed E-state index contributed by atoms with van der Waals surface area (Å²) in [5.41, 5.74) is 7.61.